The molecule has 12 heavy (non-hydrogen) atoms. The molecule has 3 nitrogen and oxygen atoms in total. The Bertz CT molecular complexity index is 28.8. The van der Waals surface area contributed by atoms with E-state index in [1.807, 2.05) is 0 Å². The van der Waals surface area contributed by atoms with Gasteiger partial charge in [0.05, 0.1) is 0 Å². The summed E-state index contributed by atoms with van der Waals surface area (Å²) in [4.78, 5) is 0. The summed E-state index contributed by atoms with van der Waals surface area (Å²) in [6.07, 6.45) is 0. The quantitative estimate of drug-likeness (QED) is 0.583. The second-order valence-electron chi connectivity index (χ2n) is 1.01. The molecule has 0 atom stereocenters. The Morgan fingerprint density at radius 2 is 0.833 bits per heavy atom. The second kappa shape index (κ2) is 57.0. The summed E-state index contributed by atoms with van der Waals surface area (Å²) >= 11 is -0.806. The molecule has 3 N–H and O–H groups in total. The molecule has 0 aliphatic heterocycles. The van der Waals surface area contributed by atoms with E-state index in [0.717, 1.165) is 0 Å². The molecule has 0 bridgehead atoms. The first-order chi connectivity index (χ1) is 5.66. The van der Waals surface area contributed by atoms with Crippen molar-refractivity contribution in [2.45, 2.75) is 20.8 Å². The Morgan fingerprint density at radius 1 is 0.833 bits per heavy atom. The molecule has 0 fully saturated rings. The van der Waals surface area contributed by atoms with Crippen molar-refractivity contribution >= 4 is 18.8 Å². The van der Waals surface area contributed by atoms with Gasteiger partial charge in [-0.2, -0.15) is 0 Å². The van der Waals surface area contributed by atoms with E-state index in [0.29, 0.717) is 0 Å². The molecule has 0 rings (SSSR count). The monoisotopic (exact) mass is 392 g/mol. The Labute approximate surface area is 91.1 Å². The molecule has 0 amide bonds. The molecular formula is C6H18Cl2O3W. The summed E-state index contributed by atoms with van der Waals surface area (Å²) in [5, 5.41) is 22.7. The van der Waals surface area contributed by atoms with Crippen LogP contribution in [0.25, 0.3) is 0 Å². The van der Waals surface area contributed by atoms with Gasteiger partial charge in [0, 0.05) is 19.8 Å². The van der Waals surface area contributed by atoms with Crippen molar-refractivity contribution in [1.29, 1.82) is 0 Å². The van der Waals surface area contributed by atoms with Crippen molar-refractivity contribution in [3.63, 3.8) is 0 Å². The van der Waals surface area contributed by atoms with Crippen LogP contribution in [0.15, 0.2) is 0 Å². The van der Waals surface area contributed by atoms with Crippen LogP contribution in [0.5, 0.6) is 0 Å². The maximum atomic E-state index is 7.57. The van der Waals surface area contributed by atoms with Crippen LogP contribution in [0.3, 0.4) is 0 Å². The summed E-state index contributed by atoms with van der Waals surface area (Å²) < 4.78 is 0. The summed E-state index contributed by atoms with van der Waals surface area (Å²) in [5.74, 6) is 0. The van der Waals surface area contributed by atoms with E-state index in [-0.39, 0.29) is 19.8 Å². The molecule has 0 aliphatic carbocycles. The van der Waals surface area contributed by atoms with Gasteiger partial charge in [-0.15, -0.1) is 0 Å². The van der Waals surface area contributed by atoms with Gasteiger partial charge < -0.3 is 15.3 Å². The number of aliphatic hydroxyl groups is 3. The summed E-state index contributed by atoms with van der Waals surface area (Å²) in [6, 6.07) is 0. The van der Waals surface area contributed by atoms with Crippen molar-refractivity contribution in [1.82, 2.24) is 0 Å². The Hall–Kier alpha value is 1.15. The zero-order valence-corrected chi connectivity index (χ0v) is 12.1. The van der Waals surface area contributed by atoms with E-state index >= 15 is 0 Å². The van der Waals surface area contributed by atoms with Crippen molar-refractivity contribution in [2.24, 2.45) is 0 Å². The van der Waals surface area contributed by atoms with Gasteiger partial charge in [0.1, 0.15) is 0 Å². The van der Waals surface area contributed by atoms with Gasteiger partial charge in [0.25, 0.3) is 0 Å². The third-order valence-corrected chi connectivity index (χ3v) is 0. The Kier molecular flexibility index (Phi) is 110. The molecule has 0 spiro atoms. The molecule has 6 heteroatoms. The van der Waals surface area contributed by atoms with Crippen LogP contribution in [0, 0.1) is 0 Å². The first kappa shape index (κ1) is 23.2. The molecule has 0 radical (unpaired) electrons. The van der Waals surface area contributed by atoms with Crippen molar-refractivity contribution in [3.8, 4) is 0 Å². The van der Waals surface area contributed by atoms with Gasteiger partial charge in [-0.1, -0.05) is 0 Å². The third kappa shape index (κ3) is 871. The fraction of sp³-hybridized carbons (Fsp3) is 1.00. The number of halogens is 2. The first-order valence-corrected chi connectivity index (χ1v) is 10.6. The van der Waals surface area contributed by atoms with E-state index in [4.69, 9.17) is 34.2 Å². The Balaban J connectivity index is -0.0000000356. The van der Waals surface area contributed by atoms with E-state index in [2.05, 4.69) is 0 Å². The van der Waals surface area contributed by atoms with Gasteiger partial charge in [-0.25, -0.2) is 0 Å². The average Bonchev–Trinajstić information content (AvgIpc) is 1.92. The fourth-order valence-corrected chi connectivity index (χ4v) is 0. The molecule has 0 heterocycles. The predicted molar refractivity (Wildman–Crippen MR) is 50.0 cm³/mol. The van der Waals surface area contributed by atoms with Crippen LogP contribution in [-0.4, -0.2) is 35.1 Å². The molecule has 0 aliphatic rings. The average molecular weight is 393 g/mol. The summed E-state index contributed by atoms with van der Waals surface area (Å²) in [6.45, 7) is 5.79. The molecule has 0 aromatic carbocycles. The van der Waals surface area contributed by atoms with Gasteiger partial charge in [0.2, 0.25) is 0 Å². The van der Waals surface area contributed by atoms with Crippen LogP contribution < -0.4 is 0 Å². The maximum absolute atomic E-state index is 7.57. The first-order valence-electron chi connectivity index (χ1n) is 3.38. The van der Waals surface area contributed by atoms with Crippen LogP contribution in [0.2, 0.25) is 0 Å². The number of hydrogen-bond donors (Lipinski definition) is 3. The van der Waals surface area contributed by atoms with E-state index in [1.165, 1.54) is 0 Å². The minimum atomic E-state index is -0.806. The van der Waals surface area contributed by atoms with E-state index in [9.17, 15) is 0 Å². The van der Waals surface area contributed by atoms with E-state index < -0.39 is 16.5 Å². The molecule has 0 saturated carbocycles. The molecule has 0 aromatic heterocycles. The fourth-order valence-electron chi connectivity index (χ4n) is 0. The van der Waals surface area contributed by atoms with Crippen molar-refractivity contribution < 1.29 is 31.8 Å². The zero-order valence-electron chi connectivity index (χ0n) is 7.63. The Morgan fingerprint density at radius 3 is 0.833 bits per heavy atom. The second-order valence-corrected chi connectivity index (χ2v) is 5.25. The summed E-state index contributed by atoms with van der Waals surface area (Å²) in [7, 11) is 9.86. The SMILES string of the molecule is CCO.CCO.CCO.[Cl][W][Cl]. The van der Waals surface area contributed by atoms with Crippen LogP contribution >= 0.6 is 18.8 Å². The summed E-state index contributed by atoms with van der Waals surface area (Å²) in [5.41, 5.74) is 0. The molecular weight excluding hydrogens is 375 g/mol. The van der Waals surface area contributed by atoms with Crippen molar-refractivity contribution in [3.05, 3.63) is 0 Å². The van der Waals surface area contributed by atoms with Gasteiger partial charge in [-0.05, 0) is 20.8 Å². The van der Waals surface area contributed by atoms with Gasteiger partial charge in [-0.3, -0.25) is 0 Å². The molecule has 0 saturated heterocycles. The molecule has 0 aromatic rings. The molecule has 80 valence electrons. The van der Waals surface area contributed by atoms with Crippen LogP contribution in [-0.2, 0) is 16.5 Å². The third-order valence-electron chi connectivity index (χ3n) is 0. The van der Waals surface area contributed by atoms with Crippen LogP contribution in [0.1, 0.15) is 20.8 Å². The number of rotatable bonds is 0. The zero-order chi connectivity index (χ0) is 10.8. The number of aliphatic hydroxyl groups excluding tert-OH is 3. The van der Waals surface area contributed by atoms with Gasteiger partial charge >= 0.3 is 35.3 Å². The van der Waals surface area contributed by atoms with Crippen LogP contribution in [0.4, 0.5) is 0 Å². The van der Waals surface area contributed by atoms with E-state index in [1.54, 1.807) is 20.8 Å². The molecule has 0 unspecified atom stereocenters. The topological polar surface area (TPSA) is 60.7 Å². The normalized spacial score (nSPS) is 6.00. The van der Waals surface area contributed by atoms with Crippen molar-refractivity contribution in [2.75, 3.05) is 19.8 Å². The minimum absolute atomic E-state index is 0.250. The standard InChI is InChI=1S/3C2H6O.2ClH.W/c3*1-2-3;;;/h3*3H,2H2,1H3;2*1H;/q;;;;;+2/p-2. The number of hydrogen-bond acceptors (Lipinski definition) is 3. The predicted octanol–water partition coefficient (Wildman–Crippen LogP) is 1.37. The van der Waals surface area contributed by atoms with Gasteiger partial charge in [0.15, 0.2) is 0 Å².